The predicted molar refractivity (Wildman–Crippen MR) is 230 cm³/mol. The Kier molecular flexibility index (Phi) is 12.2. The average Bonchev–Trinajstić information content (AvgIpc) is 3.99. The smallest absolute Gasteiger partial charge is 0.319 e. The van der Waals surface area contributed by atoms with E-state index >= 15 is 0 Å². The number of aliphatic hydroxyl groups is 1. The van der Waals surface area contributed by atoms with Gasteiger partial charge in [-0.15, -0.1) is 0 Å². The number of aliphatic hydroxyl groups excluding tert-OH is 1. The van der Waals surface area contributed by atoms with Gasteiger partial charge in [0, 0.05) is 47.9 Å². The summed E-state index contributed by atoms with van der Waals surface area (Å²) in [6, 6.07) is 13.0. The van der Waals surface area contributed by atoms with Crippen LogP contribution in [0.2, 0.25) is 0 Å². The highest BCUT2D eigenvalue weighted by molar-refractivity contribution is 6.25. The molecule has 5 aromatic rings. The summed E-state index contributed by atoms with van der Waals surface area (Å²) < 4.78 is 7.91. The number of aromatic nitrogens is 4. The quantitative estimate of drug-likeness (QED) is 0.0646. The molecule has 3 aliphatic rings. The molecule has 5 heterocycles. The number of hydrogen-bond donors (Lipinski definition) is 7. The normalized spacial score (nSPS) is 19.4. The molecule has 1 aliphatic carbocycles. The summed E-state index contributed by atoms with van der Waals surface area (Å²) in [5.74, 6) is 0.656. The molecule has 1 saturated carbocycles. The first-order valence-electron chi connectivity index (χ1n) is 21.2. The highest BCUT2D eigenvalue weighted by atomic mass is 16.4. The number of nitrogens with one attached hydrogen (secondary N) is 6. The van der Waals surface area contributed by atoms with Gasteiger partial charge >= 0.3 is 6.03 Å². The molecule has 0 spiro atoms. The number of rotatable bonds is 15. The van der Waals surface area contributed by atoms with Crippen LogP contribution in [-0.2, 0) is 22.7 Å². The first-order chi connectivity index (χ1) is 30.0. The molecule has 2 fully saturated rings. The third-order valence-electron chi connectivity index (χ3n) is 11.8. The van der Waals surface area contributed by atoms with E-state index in [1.165, 1.54) is 0 Å². The lowest BCUT2D eigenvalue weighted by atomic mass is 9.86. The van der Waals surface area contributed by atoms with Crippen LogP contribution in [0.3, 0.4) is 0 Å². The fourth-order valence-electron chi connectivity index (χ4n) is 8.25. The zero-order chi connectivity index (χ0) is 43.5. The van der Waals surface area contributed by atoms with Gasteiger partial charge in [0.1, 0.15) is 23.4 Å². The highest BCUT2D eigenvalue weighted by Crippen LogP contribution is 2.35. The lowest BCUT2D eigenvalue weighted by molar-refractivity contribution is -0.136. The molecule has 6 amide bonds. The maximum Gasteiger partial charge on any atom is 0.319 e. The van der Waals surface area contributed by atoms with Crippen LogP contribution >= 0.6 is 0 Å². The van der Waals surface area contributed by atoms with Gasteiger partial charge in [-0.05, 0) is 74.3 Å². The average molecular weight is 846 g/mol. The Balaban J connectivity index is 0.800. The van der Waals surface area contributed by atoms with E-state index in [1.54, 1.807) is 28.9 Å². The number of hydrogen-bond acceptors (Lipinski definition) is 13. The van der Waals surface area contributed by atoms with Gasteiger partial charge in [0.15, 0.2) is 11.5 Å². The van der Waals surface area contributed by atoms with Gasteiger partial charge in [-0.1, -0.05) is 39.0 Å². The van der Waals surface area contributed by atoms with Crippen molar-refractivity contribution < 1.29 is 33.5 Å². The predicted octanol–water partition coefficient (Wildman–Crippen LogP) is 5.50. The van der Waals surface area contributed by atoms with Crippen molar-refractivity contribution in [2.45, 2.75) is 109 Å². The van der Waals surface area contributed by atoms with E-state index in [1.807, 2.05) is 43.5 Å². The van der Waals surface area contributed by atoms with E-state index in [4.69, 9.17) is 9.40 Å². The molecule has 1 unspecified atom stereocenters. The van der Waals surface area contributed by atoms with Crippen LogP contribution in [0.25, 0.3) is 5.65 Å². The number of carbonyl (C=O) groups is 5. The molecule has 324 valence electrons. The van der Waals surface area contributed by atoms with E-state index in [0.717, 1.165) is 59.6 Å². The summed E-state index contributed by atoms with van der Waals surface area (Å²) in [5.41, 5.74) is 4.26. The summed E-state index contributed by atoms with van der Waals surface area (Å²) in [7, 11) is 0. The maximum atomic E-state index is 13.4. The molecular weight excluding hydrogens is 795 g/mol. The van der Waals surface area contributed by atoms with E-state index in [2.05, 4.69) is 55.8 Å². The zero-order valence-corrected chi connectivity index (χ0v) is 34.9. The number of piperidine rings is 1. The minimum Gasteiger partial charge on any atom is -0.444 e. The number of anilines is 4. The molecule has 2 aliphatic heterocycles. The molecule has 1 saturated heterocycles. The first-order valence-corrected chi connectivity index (χ1v) is 21.2. The molecule has 2 atom stereocenters. The third-order valence-corrected chi connectivity index (χ3v) is 11.8. The lowest BCUT2D eigenvalue weighted by Gasteiger charge is -2.27. The number of amides is 6. The number of carbonyl (C=O) groups excluding carboxylic acids is 5. The van der Waals surface area contributed by atoms with Gasteiger partial charge in [-0.25, -0.2) is 14.8 Å². The standard InChI is InChI=1S/C44H51N11O7/c1-4-27(23-56)49-35-18-36(55-39(52-35)32(22-48-55)24(2)3)46-19-25-8-12-28(13-9-25)50-44(61)51-29-14-10-26(11-15-29)41-47-21-30(62-41)20-45-33-7-5-6-31-38(33)43(60)54(42(31)59)34-16-17-37(57)53-40(34)58/h5-9,12-13,18,21-22,24,26-27,29,34,45-46,56H,4,10-11,14-17,19-20,23H2,1-3H3,(H,49,52)(H2,50,51,61)(H,53,57,58)/t26?,27-,29?,34?/m0/s1. The van der Waals surface area contributed by atoms with Crippen molar-refractivity contribution in [2.24, 2.45) is 0 Å². The SMILES string of the molecule is CC[C@@H](CO)Nc1cc(NCc2ccc(NC(=O)NC3CCC(c4ncc(CNc5cccc6c5C(=O)N(C5CCC(=O)NC5=O)C6=O)o4)CC3)cc2)n2ncc(C(C)C)c2n1. The number of nitrogens with zero attached hydrogens (tertiary/aromatic N) is 5. The van der Waals surface area contributed by atoms with Crippen molar-refractivity contribution in [1.82, 2.24) is 35.1 Å². The van der Waals surface area contributed by atoms with E-state index in [0.29, 0.717) is 35.4 Å². The van der Waals surface area contributed by atoms with Crippen LogP contribution in [0.4, 0.5) is 27.8 Å². The Morgan fingerprint density at radius 3 is 2.48 bits per heavy atom. The third kappa shape index (κ3) is 8.81. The summed E-state index contributed by atoms with van der Waals surface area (Å²) in [6.07, 6.45) is 7.42. The second-order valence-corrected chi connectivity index (χ2v) is 16.3. The van der Waals surface area contributed by atoms with E-state index in [9.17, 15) is 29.1 Å². The number of imide groups is 2. The summed E-state index contributed by atoms with van der Waals surface area (Å²) in [5, 5.41) is 32.6. The van der Waals surface area contributed by atoms with Crippen molar-refractivity contribution in [2.75, 3.05) is 27.9 Å². The molecule has 7 N–H and O–H groups in total. The van der Waals surface area contributed by atoms with Gasteiger partial charge < -0.3 is 36.1 Å². The fourth-order valence-corrected chi connectivity index (χ4v) is 8.25. The number of benzene rings is 2. The van der Waals surface area contributed by atoms with Gasteiger partial charge in [0.25, 0.3) is 11.8 Å². The minimum absolute atomic E-state index is 0.00273. The Bertz CT molecular complexity index is 2490. The van der Waals surface area contributed by atoms with Gasteiger partial charge in [0.05, 0.1) is 42.7 Å². The monoisotopic (exact) mass is 845 g/mol. The number of fused-ring (bicyclic) bond motifs is 2. The van der Waals surface area contributed by atoms with E-state index in [-0.39, 0.29) is 67.1 Å². The van der Waals surface area contributed by atoms with Gasteiger partial charge in [-0.3, -0.25) is 29.4 Å². The molecule has 18 heteroatoms. The molecule has 0 radical (unpaired) electrons. The minimum atomic E-state index is -1.05. The van der Waals surface area contributed by atoms with Gasteiger partial charge in [0.2, 0.25) is 11.8 Å². The Morgan fingerprint density at radius 2 is 1.76 bits per heavy atom. The van der Waals surface area contributed by atoms with Crippen molar-refractivity contribution in [1.29, 1.82) is 0 Å². The van der Waals surface area contributed by atoms with E-state index < -0.39 is 29.7 Å². The van der Waals surface area contributed by atoms with Crippen molar-refractivity contribution in [3.63, 3.8) is 0 Å². The number of urea groups is 1. The molecule has 2 aromatic carbocycles. The Labute approximate surface area is 357 Å². The highest BCUT2D eigenvalue weighted by Gasteiger charge is 2.45. The second kappa shape index (κ2) is 18.0. The molecule has 62 heavy (non-hydrogen) atoms. The lowest BCUT2D eigenvalue weighted by Crippen LogP contribution is -2.54. The van der Waals surface area contributed by atoms with Crippen molar-refractivity contribution in [3.8, 4) is 0 Å². The number of oxazole rings is 1. The Hall–Kier alpha value is -6.82. The van der Waals surface area contributed by atoms with Crippen LogP contribution in [-0.4, -0.2) is 84.0 Å². The van der Waals surface area contributed by atoms with Crippen molar-refractivity contribution in [3.05, 3.63) is 94.8 Å². The molecule has 3 aromatic heterocycles. The first kappa shape index (κ1) is 41.9. The largest absolute Gasteiger partial charge is 0.444 e. The Morgan fingerprint density at radius 1 is 0.968 bits per heavy atom. The summed E-state index contributed by atoms with van der Waals surface area (Å²) in [4.78, 5) is 74.0. The van der Waals surface area contributed by atoms with Crippen LogP contribution < -0.4 is 31.9 Å². The van der Waals surface area contributed by atoms with Crippen LogP contribution in [0.5, 0.6) is 0 Å². The van der Waals surface area contributed by atoms with Gasteiger partial charge in [-0.2, -0.15) is 9.61 Å². The molecule has 18 nitrogen and oxygen atoms in total. The topological polar surface area (TPSA) is 237 Å². The fraction of sp³-hybridized carbons (Fsp3) is 0.409. The van der Waals surface area contributed by atoms with Crippen molar-refractivity contribution >= 4 is 58.3 Å². The van der Waals surface area contributed by atoms with Crippen LogP contribution in [0.1, 0.15) is 121 Å². The summed E-state index contributed by atoms with van der Waals surface area (Å²) in [6.45, 7) is 6.94. The molecule has 8 rings (SSSR count). The summed E-state index contributed by atoms with van der Waals surface area (Å²) >= 11 is 0. The molecular formula is C44H51N11O7. The van der Waals surface area contributed by atoms with Crippen LogP contribution in [0.15, 0.2) is 65.3 Å². The molecule has 0 bridgehead atoms. The zero-order valence-electron chi connectivity index (χ0n) is 34.9. The second-order valence-electron chi connectivity index (χ2n) is 16.3. The maximum absolute atomic E-state index is 13.4. The van der Waals surface area contributed by atoms with Crippen LogP contribution in [0, 0.1) is 0 Å².